The number of nitrogens with one attached hydrogen (secondary N) is 2. The van der Waals surface area contributed by atoms with Crippen molar-refractivity contribution in [1.29, 1.82) is 0 Å². The summed E-state index contributed by atoms with van der Waals surface area (Å²) >= 11 is 0. The summed E-state index contributed by atoms with van der Waals surface area (Å²) in [6.07, 6.45) is 3.75. The quantitative estimate of drug-likeness (QED) is 0.451. The zero-order valence-corrected chi connectivity index (χ0v) is 19.3. The summed E-state index contributed by atoms with van der Waals surface area (Å²) in [6.45, 7) is 11.3. The highest BCUT2D eigenvalue weighted by Gasteiger charge is 2.30. The second-order valence-electron chi connectivity index (χ2n) is 8.47. The van der Waals surface area contributed by atoms with Crippen molar-refractivity contribution in [1.82, 2.24) is 15.5 Å². The number of aliphatic imine (C=N–C) groups is 1. The minimum absolute atomic E-state index is 0.365. The lowest BCUT2D eigenvalue weighted by molar-refractivity contribution is 0.218. The number of hydrogen-bond donors (Lipinski definition) is 2. The smallest absolute Gasteiger partial charge is 0.191 e. The topological polar surface area (TPSA) is 61.4 Å². The summed E-state index contributed by atoms with van der Waals surface area (Å²) in [5.41, 5.74) is 1.13. The van der Waals surface area contributed by atoms with Gasteiger partial charge in [0.05, 0.1) is 20.8 Å². The standard InChI is InChI=1S/C23H39N5O2/c1-6-24-23(25-10-12-28(17(2)3)19-7-8-19)26-18-9-11-27(16-18)20-13-21(29-4)15-22(14-20)30-5/h13-15,17-19H,6-12,16H2,1-5H3,(H2,24,25,26). The summed E-state index contributed by atoms with van der Waals surface area (Å²) in [6, 6.07) is 7.79. The van der Waals surface area contributed by atoms with Gasteiger partial charge in [-0.1, -0.05) is 0 Å². The second-order valence-corrected chi connectivity index (χ2v) is 8.47. The van der Waals surface area contributed by atoms with E-state index in [-0.39, 0.29) is 0 Å². The molecule has 1 aromatic carbocycles. The first-order chi connectivity index (χ1) is 14.5. The van der Waals surface area contributed by atoms with Crippen LogP contribution in [-0.2, 0) is 0 Å². The molecule has 1 saturated carbocycles. The molecule has 1 atom stereocenters. The number of rotatable bonds is 10. The van der Waals surface area contributed by atoms with E-state index < -0.39 is 0 Å². The number of guanidine groups is 1. The first kappa shape index (κ1) is 22.5. The number of benzene rings is 1. The molecule has 0 spiro atoms. The molecule has 3 rings (SSSR count). The van der Waals surface area contributed by atoms with Crippen LogP contribution >= 0.6 is 0 Å². The number of methoxy groups -OCH3 is 2. The molecule has 2 fully saturated rings. The van der Waals surface area contributed by atoms with Crippen molar-refractivity contribution in [3.05, 3.63) is 18.2 Å². The summed E-state index contributed by atoms with van der Waals surface area (Å²) in [5, 5.41) is 7.05. The molecule has 0 aromatic heterocycles. The van der Waals surface area contributed by atoms with Crippen LogP contribution in [-0.4, -0.2) is 75.9 Å². The monoisotopic (exact) mass is 417 g/mol. The van der Waals surface area contributed by atoms with Gasteiger partial charge in [0, 0.05) is 68.2 Å². The SMILES string of the molecule is CCNC(=NCCN(C(C)C)C1CC1)NC1CCN(c2cc(OC)cc(OC)c2)C1. The molecular weight excluding hydrogens is 378 g/mol. The highest BCUT2D eigenvalue weighted by molar-refractivity contribution is 5.80. The Kier molecular flexibility index (Phi) is 8.08. The largest absolute Gasteiger partial charge is 0.497 e. The van der Waals surface area contributed by atoms with E-state index in [2.05, 4.69) is 53.3 Å². The van der Waals surface area contributed by atoms with E-state index in [1.165, 1.54) is 12.8 Å². The van der Waals surface area contributed by atoms with Crippen LogP contribution in [0.25, 0.3) is 0 Å². The van der Waals surface area contributed by atoms with Gasteiger partial charge in [-0.15, -0.1) is 0 Å². The minimum atomic E-state index is 0.365. The van der Waals surface area contributed by atoms with Gasteiger partial charge in [0.2, 0.25) is 0 Å². The van der Waals surface area contributed by atoms with Crippen LogP contribution in [0.15, 0.2) is 23.2 Å². The van der Waals surface area contributed by atoms with Crippen LogP contribution in [0, 0.1) is 0 Å². The number of nitrogens with zero attached hydrogens (tertiary/aromatic N) is 3. The Hall–Kier alpha value is -2.15. The zero-order chi connectivity index (χ0) is 21.5. The first-order valence-corrected chi connectivity index (χ1v) is 11.3. The molecule has 7 heteroatoms. The van der Waals surface area contributed by atoms with E-state index >= 15 is 0 Å². The highest BCUT2D eigenvalue weighted by atomic mass is 16.5. The molecule has 1 aliphatic carbocycles. The maximum Gasteiger partial charge on any atom is 0.191 e. The lowest BCUT2D eigenvalue weighted by Gasteiger charge is -2.25. The second kappa shape index (κ2) is 10.8. The Morgan fingerprint density at radius 1 is 1.17 bits per heavy atom. The van der Waals surface area contributed by atoms with E-state index in [0.717, 1.165) is 68.3 Å². The molecule has 1 saturated heterocycles. The Labute approximate surface area is 181 Å². The van der Waals surface area contributed by atoms with Crippen molar-refractivity contribution >= 4 is 11.6 Å². The number of hydrogen-bond acceptors (Lipinski definition) is 5. The third kappa shape index (κ3) is 6.17. The van der Waals surface area contributed by atoms with Gasteiger partial charge in [0.1, 0.15) is 11.5 Å². The lowest BCUT2D eigenvalue weighted by Crippen LogP contribution is -2.45. The van der Waals surface area contributed by atoms with Gasteiger partial charge in [0.15, 0.2) is 5.96 Å². The fourth-order valence-corrected chi connectivity index (χ4v) is 4.15. The van der Waals surface area contributed by atoms with E-state index in [9.17, 15) is 0 Å². The molecule has 0 radical (unpaired) electrons. The van der Waals surface area contributed by atoms with Crippen LogP contribution < -0.4 is 25.0 Å². The van der Waals surface area contributed by atoms with Crippen molar-refractivity contribution in [2.45, 2.75) is 58.2 Å². The van der Waals surface area contributed by atoms with Gasteiger partial charge in [-0.25, -0.2) is 0 Å². The molecule has 7 nitrogen and oxygen atoms in total. The van der Waals surface area contributed by atoms with Crippen molar-refractivity contribution in [2.24, 2.45) is 4.99 Å². The summed E-state index contributed by atoms with van der Waals surface area (Å²) in [4.78, 5) is 9.81. The molecule has 1 aliphatic heterocycles. The Morgan fingerprint density at radius 2 is 1.87 bits per heavy atom. The van der Waals surface area contributed by atoms with E-state index in [1.807, 2.05) is 6.07 Å². The van der Waals surface area contributed by atoms with Crippen LogP contribution in [0.1, 0.15) is 40.0 Å². The molecule has 1 heterocycles. The molecule has 2 N–H and O–H groups in total. The minimum Gasteiger partial charge on any atom is -0.497 e. The molecule has 30 heavy (non-hydrogen) atoms. The van der Waals surface area contributed by atoms with Gasteiger partial charge >= 0.3 is 0 Å². The molecule has 1 aromatic rings. The third-order valence-electron chi connectivity index (χ3n) is 5.88. The van der Waals surface area contributed by atoms with Gasteiger partial charge in [-0.3, -0.25) is 9.89 Å². The lowest BCUT2D eigenvalue weighted by atomic mass is 10.2. The number of ether oxygens (including phenoxy) is 2. The molecule has 168 valence electrons. The summed E-state index contributed by atoms with van der Waals surface area (Å²) in [7, 11) is 3.38. The highest BCUT2D eigenvalue weighted by Crippen LogP contribution is 2.30. The van der Waals surface area contributed by atoms with Gasteiger partial charge in [0.25, 0.3) is 0 Å². The maximum atomic E-state index is 5.43. The molecule has 0 amide bonds. The average molecular weight is 418 g/mol. The van der Waals surface area contributed by atoms with Crippen molar-refractivity contribution in [3.63, 3.8) is 0 Å². The van der Waals surface area contributed by atoms with Gasteiger partial charge in [-0.2, -0.15) is 0 Å². The fraction of sp³-hybridized carbons (Fsp3) is 0.696. The molecule has 0 bridgehead atoms. The Balaban J connectivity index is 1.56. The Bertz CT molecular complexity index is 681. The van der Waals surface area contributed by atoms with Crippen molar-refractivity contribution in [2.75, 3.05) is 51.8 Å². The van der Waals surface area contributed by atoms with Crippen LogP contribution in [0.5, 0.6) is 11.5 Å². The van der Waals surface area contributed by atoms with Gasteiger partial charge in [-0.05, 0) is 40.0 Å². The molecule has 1 unspecified atom stereocenters. The van der Waals surface area contributed by atoms with Crippen molar-refractivity contribution in [3.8, 4) is 11.5 Å². The van der Waals surface area contributed by atoms with Crippen LogP contribution in [0.3, 0.4) is 0 Å². The van der Waals surface area contributed by atoms with Crippen molar-refractivity contribution < 1.29 is 9.47 Å². The zero-order valence-electron chi connectivity index (χ0n) is 19.3. The van der Waals surface area contributed by atoms with E-state index in [4.69, 9.17) is 14.5 Å². The predicted molar refractivity (Wildman–Crippen MR) is 124 cm³/mol. The first-order valence-electron chi connectivity index (χ1n) is 11.3. The average Bonchev–Trinajstić information content (AvgIpc) is 3.47. The predicted octanol–water partition coefficient (Wildman–Crippen LogP) is 2.71. The summed E-state index contributed by atoms with van der Waals surface area (Å²) in [5.74, 6) is 2.56. The molecular formula is C23H39N5O2. The molecule has 2 aliphatic rings. The van der Waals surface area contributed by atoms with E-state index in [0.29, 0.717) is 12.1 Å². The van der Waals surface area contributed by atoms with Crippen LogP contribution in [0.2, 0.25) is 0 Å². The third-order valence-corrected chi connectivity index (χ3v) is 5.88. The normalized spacial score (nSPS) is 19.5. The Morgan fingerprint density at radius 3 is 2.43 bits per heavy atom. The summed E-state index contributed by atoms with van der Waals surface area (Å²) < 4.78 is 10.9. The maximum absolute atomic E-state index is 5.43. The number of anilines is 1. The van der Waals surface area contributed by atoms with Gasteiger partial charge < -0.3 is 25.0 Å². The van der Waals surface area contributed by atoms with Crippen LogP contribution in [0.4, 0.5) is 5.69 Å². The fourth-order valence-electron chi connectivity index (χ4n) is 4.15. The van der Waals surface area contributed by atoms with E-state index in [1.54, 1.807) is 14.2 Å².